The van der Waals surface area contributed by atoms with Gasteiger partial charge in [0.15, 0.2) is 0 Å². The van der Waals surface area contributed by atoms with Crippen LogP contribution in [-0.4, -0.2) is 28.1 Å². The molecule has 0 fully saturated rings. The van der Waals surface area contributed by atoms with E-state index in [1.54, 1.807) is 24.3 Å². The van der Waals surface area contributed by atoms with Crippen LogP contribution in [0.25, 0.3) is 5.69 Å². The van der Waals surface area contributed by atoms with E-state index in [-0.39, 0.29) is 11.8 Å². The molecule has 6 heteroatoms. The van der Waals surface area contributed by atoms with Crippen molar-refractivity contribution >= 4 is 17.5 Å². The Bertz CT molecular complexity index is 1080. The Hall–Kier alpha value is -3.41. The van der Waals surface area contributed by atoms with Gasteiger partial charge in [-0.25, -0.2) is 4.68 Å². The first-order valence-corrected chi connectivity index (χ1v) is 10.5. The van der Waals surface area contributed by atoms with Crippen LogP contribution in [-0.2, 0) is 11.2 Å². The van der Waals surface area contributed by atoms with Crippen LogP contribution in [0, 0.1) is 19.3 Å². The molecule has 1 heterocycles. The zero-order valence-electron chi connectivity index (χ0n) is 18.8. The van der Waals surface area contributed by atoms with Gasteiger partial charge in [0.2, 0.25) is 5.91 Å². The average molecular weight is 419 g/mol. The van der Waals surface area contributed by atoms with Crippen molar-refractivity contribution < 1.29 is 9.59 Å². The summed E-state index contributed by atoms with van der Waals surface area (Å²) in [4.78, 5) is 24.7. The van der Waals surface area contributed by atoms with E-state index >= 15 is 0 Å². The number of nitrogens with zero attached hydrogens (tertiary/aromatic N) is 2. The summed E-state index contributed by atoms with van der Waals surface area (Å²) < 4.78 is 1.92. The molecule has 31 heavy (non-hydrogen) atoms. The van der Waals surface area contributed by atoms with Gasteiger partial charge in [0.1, 0.15) is 0 Å². The van der Waals surface area contributed by atoms with Crippen molar-refractivity contribution in [1.29, 1.82) is 0 Å². The Kier molecular flexibility index (Phi) is 6.59. The summed E-state index contributed by atoms with van der Waals surface area (Å²) in [6, 6.07) is 17.2. The highest BCUT2D eigenvalue weighted by Crippen LogP contribution is 2.18. The fraction of sp³-hybridized carbons (Fsp3) is 0.320. The molecule has 2 amide bonds. The van der Waals surface area contributed by atoms with Gasteiger partial charge < -0.3 is 10.6 Å². The van der Waals surface area contributed by atoms with Crippen LogP contribution in [0.1, 0.15) is 48.1 Å². The summed E-state index contributed by atoms with van der Waals surface area (Å²) >= 11 is 0. The summed E-state index contributed by atoms with van der Waals surface area (Å²) in [6.07, 6.45) is 0.726. The second-order valence-corrected chi connectivity index (χ2v) is 8.80. The topological polar surface area (TPSA) is 76.0 Å². The number of anilines is 1. The molecule has 3 rings (SSSR count). The quantitative estimate of drug-likeness (QED) is 0.621. The highest BCUT2D eigenvalue weighted by Gasteiger charge is 2.21. The normalized spacial score (nSPS) is 11.3. The first-order valence-electron chi connectivity index (χ1n) is 10.5. The summed E-state index contributed by atoms with van der Waals surface area (Å²) in [5, 5.41) is 10.3. The van der Waals surface area contributed by atoms with Gasteiger partial charge >= 0.3 is 0 Å². The molecule has 1 aromatic heterocycles. The Balaban J connectivity index is 1.55. The zero-order valence-corrected chi connectivity index (χ0v) is 18.8. The minimum atomic E-state index is -0.497. The average Bonchev–Trinajstić information content (AvgIpc) is 3.06. The SMILES string of the molecule is Cc1cc(C)n(-c2ccc(CCNC(=O)c3cccc(NC(=O)C(C)(C)C)c3)cc2)n1. The second kappa shape index (κ2) is 9.16. The third-order valence-corrected chi connectivity index (χ3v) is 4.95. The van der Waals surface area contributed by atoms with E-state index in [0.29, 0.717) is 17.8 Å². The van der Waals surface area contributed by atoms with Crippen LogP contribution in [0.2, 0.25) is 0 Å². The third kappa shape index (κ3) is 5.81. The minimum absolute atomic E-state index is 0.0889. The molecule has 0 radical (unpaired) electrons. The Morgan fingerprint density at radius 2 is 1.71 bits per heavy atom. The first-order chi connectivity index (χ1) is 14.6. The van der Waals surface area contributed by atoms with Gasteiger partial charge in [-0.2, -0.15) is 5.10 Å². The van der Waals surface area contributed by atoms with Crippen LogP contribution >= 0.6 is 0 Å². The Morgan fingerprint density at radius 3 is 2.32 bits per heavy atom. The molecule has 0 aliphatic carbocycles. The lowest BCUT2D eigenvalue weighted by Gasteiger charge is -2.18. The lowest BCUT2D eigenvalue weighted by Crippen LogP contribution is -2.28. The maximum atomic E-state index is 12.5. The van der Waals surface area contributed by atoms with Gasteiger partial charge in [0, 0.05) is 28.9 Å². The fourth-order valence-electron chi connectivity index (χ4n) is 3.17. The number of aryl methyl sites for hydroxylation is 2. The van der Waals surface area contributed by atoms with Gasteiger partial charge in [-0.15, -0.1) is 0 Å². The number of nitrogens with one attached hydrogen (secondary N) is 2. The molecule has 0 aliphatic heterocycles. The van der Waals surface area contributed by atoms with Gasteiger partial charge in [-0.05, 0) is 62.2 Å². The molecule has 0 saturated carbocycles. The maximum Gasteiger partial charge on any atom is 0.251 e. The maximum absolute atomic E-state index is 12.5. The molecular formula is C25H30N4O2. The van der Waals surface area contributed by atoms with E-state index < -0.39 is 5.41 Å². The predicted molar refractivity (Wildman–Crippen MR) is 124 cm³/mol. The number of carbonyl (C=O) groups is 2. The minimum Gasteiger partial charge on any atom is -0.352 e. The molecular weight excluding hydrogens is 388 g/mol. The number of hydrogen-bond acceptors (Lipinski definition) is 3. The van der Waals surface area contributed by atoms with E-state index in [2.05, 4.69) is 27.9 Å². The van der Waals surface area contributed by atoms with E-state index in [1.165, 1.54) is 0 Å². The van der Waals surface area contributed by atoms with Crippen LogP contribution in [0.5, 0.6) is 0 Å². The molecule has 162 valence electrons. The number of aromatic nitrogens is 2. The molecule has 0 atom stereocenters. The van der Waals surface area contributed by atoms with E-state index in [0.717, 1.165) is 29.1 Å². The monoisotopic (exact) mass is 418 g/mol. The van der Waals surface area contributed by atoms with E-state index in [9.17, 15) is 9.59 Å². The van der Waals surface area contributed by atoms with Crippen molar-refractivity contribution in [2.45, 2.75) is 41.0 Å². The van der Waals surface area contributed by atoms with Gasteiger partial charge in [0.25, 0.3) is 5.91 Å². The van der Waals surface area contributed by atoms with Crippen LogP contribution in [0.4, 0.5) is 5.69 Å². The Morgan fingerprint density at radius 1 is 1.00 bits per heavy atom. The van der Waals surface area contributed by atoms with E-state index in [1.807, 2.05) is 57.5 Å². The fourth-order valence-corrected chi connectivity index (χ4v) is 3.17. The van der Waals surface area contributed by atoms with Crippen molar-refractivity contribution in [1.82, 2.24) is 15.1 Å². The van der Waals surface area contributed by atoms with Crippen LogP contribution < -0.4 is 10.6 Å². The highest BCUT2D eigenvalue weighted by molar-refractivity contribution is 5.98. The van der Waals surface area contributed by atoms with Crippen LogP contribution in [0.3, 0.4) is 0 Å². The van der Waals surface area contributed by atoms with Crippen molar-refractivity contribution in [3.8, 4) is 5.69 Å². The van der Waals surface area contributed by atoms with Gasteiger partial charge in [-0.3, -0.25) is 9.59 Å². The molecule has 0 bridgehead atoms. The van der Waals surface area contributed by atoms with Crippen molar-refractivity contribution in [2.75, 3.05) is 11.9 Å². The largest absolute Gasteiger partial charge is 0.352 e. The molecule has 6 nitrogen and oxygen atoms in total. The van der Waals surface area contributed by atoms with E-state index in [4.69, 9.17) is 0 Å². The molecule has 2 N–H and O–H groups in total. The van der Waals surface area contributed by atoms with Crippen LogP contribution in [0.15, 0.2) is 54.6 Å². The first kappa shape index (κ1) is 22.3. The second-order valence-electron chi connectivity index (χ2n) is 8.80. The van der Waals surface area contributed by atoms with Gasteiger partial charge in [-0.1, -0.05) is 39.0 Å². The molecule has 0 aliphatic rings. The molecule has 2 aromatic carbocycles. The smallest absolute Gasteiger partial charge is 0.251 e. The predicted octanol–water partition coefficient (Wildman–Crippen LogP) is 4.45. The highest BCUT2D eigenvalue weighted by atomic mass is 16.2. The number of rotatable bonds is 6. The van der Waals surface area contributed by atoms with Crippen molar-refractivity contribution in [3.63, 3.8) is 0 Å². The standard InChI is InChI=1S/C25H30N4O2/c1-17-15-18(2)29(28-17)22-11-9-19(10-12-22)13-14-26-23(30)20-7-6-8-21(16-20)27-24(31)25(3,4)5/h6-12,15-16H,13-14H2,1-5H3,(H,26,30)(H,27,31). The molecule has 0 saturated heterocycles. The number of hydrogen-bond donors (Lipinski definition) is 2. The Labute approximate surface area is 183 Å². The number of amides is 2. The zero-order chi connectivity index (χ0) is 22.6. The molecule has 0 spiro atoms. The third-order valence-electron chi connectivity index (χ3n) is 4.95. The summed E-state index contributed by atoms with van der Waals surface area (Å²) in [7, 11) is 0. The van der Waals surface area contributed by atoms with Crippen molar-refractivity contribution in [3.05, 3.63) is 77.1 Å². The number of benzene rings is 2. The summed E-state index contributed by atoms with van der Waals surface area (Å²) in [5.41, 5.74) is 4.89. The molecule has 0 unspecified atom stereocenters. The summed E-state index contributed by atoms with van der Waals surface area (Å²) in [6.45, 7) is 10.1. The lowest BCUT2D eigenvalue weighted by molar-refractivity contribution is -0.123. The molecule has 3 aromatic rings. The number of carbonyl (C=O) groups excluding carboxylic acids is 2. The lowest BCUT2D eigenvalue weighted by atomic mass is 9.95. The van der Waals surface area contributed by atoms with Crippen molar-refractivity contribution in [2.24, 2.45) is 5.41 Å². The van der Waals surface area contributed by atoms with Gasteiger partial charge in [0.05, 0.1) is 11.4 Å². The summed E-state index contributed by atoms with van der Waals surface area (Å²) in [5.74, 6) is -0.250.